The summed E-state index contributed by atoms with van der Waals surface area (Å²) in [4.78, 5) is 2.78. The van der Waals surface area contributed by atoms with Crippen LogP contribution in [0.3, 0.4) is 0 Å². The van der Waals surface area contributed by atoms with Crippen LogP contribution < -0.4 is 0 Å². The predicted octanol–water partition coefficient (Wildman–Crippen LogP) is 5.25. The Bertz CT molecular complexity index is 595. The molecule has 3 aromatic rings. The highest BCUT2D eigenvalue weighted by Crippen LogP contribution is 2.37. The third-order valence-electron chi connectivity index (χ3n) is 2.67. The van der Waals surface area contributed by atoms with Gasteiger partial charge in [-0.25, -0.2) is 0 Å². The fourth-order valence-electron chi connectivity index (χ4n) is 1.82. The van der Waals surface area contributed by atoms with Crippen LogP contribution >= 0.6 is 22.7 Å². The largest absolute Gasteiger partial charge is 0.140 e. The van der Waals surface area contributed by atoms with Crippen molar-refractivity contribution in [3.8, 4) is 10.4 Å². The quantitative estimate of drug-likeness (QED) is 0.548. The molecule has 2 aromatic heterocycles. The highest BCUT2D eigenvalue weighted by Gasteiger charge is 2.06. The lowest BCUT2D eigenvalue weighted by molar-refractivity contribution is 1.48. The Morgan fingerprint density at radius 1 is 0.812 bits per heavy atom. The summed E-state index contributed by atoms with van der Waals surface area (Å²) in [6.07, 6.45) is 0. The van der Waals surface area contributed by atoms with Crippen LogP contribution in [0.2, 0.25) is 0 Å². The highest BCUT2D eigenvalue weighted by molar-refractivity contribution is 7.29. The molecule has 0 saturated carbocycles. The minimum absolute atomic E-state index is 1.32. The highest BCUT2D eigenvalue weighted by atomic mass is 32.1. The Labute approximate surface area is 103 Å². The zero-order valence-corrected chi connectivity index (χ0v) is 10.9. The van der Waals surface area contributed by atoms with Crippen LogP contribution in [0, 0.1) is 13.8 Å². The van der Waals surface area contributed by atoms with Crippen LogP contribution in [0.1, 0.15) is 10.4 Å². The fourth-order valence-corrected chi connectivity index (χ4v) is 4.14. The Hall–Kier alpha value is -1.12. The number of thiophene rings is 2. The summed E-state index contributed by atoms with van der Waals surface area (Å²) in [7, 11) is 0. The molecule has 0 aliphatic rings. The lowest BCUT2D eigenvalue weighted by Gasteiger charge is -1.97. The standard InChI is InChI=1S/C14H12S2/c1-9-3-5-11(6-4-9)12-8-14-13(16-12)7-10(2)15-14/h3-8H,1-2H3. The van der Waals surface area contributed by atoms with Gasteiger partial charge in [0.05, 0.1) is 0 Å². The molecular formula is C14H12S2. The SMILES string of the molecule is Cc1ccc(-c2cc3sc(C)cc3s2)cc1. The topological polar surface area (TPSA) is 0 Å². The van der Waals surface area contributed by atoms with Crippen LogP contribution in [-0.2, 0) is 0 Å². The van der Waals surface area contributed by atoms with E-state index in [2.05, 4.69) is 50.2 Å². The third-order valence-corrected chi connectivity index (χ3v) is 4.92. The molecule has 0 bridgehead atoms. The van der Waals surface area contributed by atoms with Gasteiger partial charge in [0, 0.05) is 19.2 Å². The number of benzene rings is 1. The van der Waals surface area contributed by atoms with E-state index in [4.69, 9.17) is 0 Å². The smallest absolute Gasteiger partial charge is 0.0459 e. The Morgan fingerprint density at radius 3 is 2.19 bits per heavy atom. The van der Waals surface area contributed by atoms with Crippen molar-refractivity contribution in [2.24, 2.45) is 0 Å². The van der Waals surface area contributed by atoms with Crippen molar-refractivity contribution in [3.05, 3.63) is 46.8 Å². The maximum absolute atomic E-state index is 2.31. The molecule has 0 radical (unpaired) electrons. The Morgan fingerprint density at radius 2 is 1.50 bits per heavy atom. The van der Waals surface area contributed by atoms with Crippen molar-refractivity contribution in [2.75, 3.05) is 0 Å². The van der Waals surface area contributed by atoms with Gasteiger partial charge in [-0.1, -0.05) is 29.8 Å². The second-order valence-electron chi connectivity index (χ2n) is 4.06. The zero-order chi connectivity index (χ0) is 11.1. The van der Waals surface area contributed by atoms with Crippen molar-refractivity contribution in [2.45, 2.75) is 13.8 Å². The van der Waals surface area contributed by atoms with Crippen molar-refractivity contribution in [3.63, 3.8) is 0 Å². The van der Waals surface area contributed by atoms with Gasteiger partial charge in [-0.05, 0) is 31.5 Å². The molecule has 0 spiro atoms. The van der Waals surface area contributed by atoms with Crippen molar-refractivity contribution < 1.29 is 0 Å². The summed E-state index contributed by atoms with van der Waals surface area (Å²) < 4.78 is 2.83. The maximum Gasteiger partial charge on any atom is 0.0459 e. The van der Waals surface area contributed by atoms with Crippen LogP contribution in [0.5, 0.6) is 0 Å². The summed E-state index contributed by atoms with van der Waals surface area (Å²) in [5.41, 5.74) is 2.65. The van der Waals surface area contributed by atoms with Crippen LogP contribution in [0.15, 0.2) is 36.4 Å². The summed E-state index contributed by atoms with van der Waals surface area (Å²) in [5.74, 6) is 0. The molecule has 0 nitrogen and oxygen atoms in total. The molecule has 1 aromatic carbocycles. The van der Waals surface area contributed by atoms with Crippen molar-refractivity contribution >= 4 is 32.1 Å². The summed E-state index contributed by atoms with van der Waals surface area (Å²) in [6, 6.07) is 13.3. The minimum Gasteiger partial charge on any atom is -0.140 e. The van der Waals surface area contributed by atoms with Crippen molar-refractivity contribution in [1.82, 2.24) is 0 Å². The molecule has 0 fully saturated rings. The number of aryl methyl sites for hydroxylation is 2. The molecule has 3 rings (SSSR count). The summed E-state index contributed by atoms with van der Waals surface area (Å²) in [5, 5.41) is 0. The van der Waals surface area contributed by atoms with E-state index in [1.165, 1.54) is 30.3 Å². The first-order chi connectivity index (χ1) is 7.72. The minimum atomic E-state index is 1.32. The number of hydrogen-bond donors (Lipinski definition) is 0. The summed E-state index contributed by atoms with van der Waals surface area (Å²) in [6.45, 7) is 4.29. The Balaban J connectivity index is 2.11. The number of hydrogen-bond acceptors (Lipinski definition) is 2. The van der Waals surface area contributed by atoms with E-state index in [1.807, 2.05) is 22.7 Å². The molecule has 0 unspecified atom stereocenters. The van der Waals surface area contributed by atoms with E-state index in [9.17, 15) is 0 Å². The first-order valence-corrected chi connectivity index (χ1v) is 6.93. The molecule has 0 saturated heterocycles. The van der Waals surface area contributed by atoms with E-state index in [0.29, 0.717) is 0 Å². The van der Waals surface area contributed by atoms with Gasteiger partial charge in [-0.2, -0.15) is 0 Å². The van der Waals surface area contributed by atoms with E-state index in [0.717, 1.165) is 0 Å². The summed E-state index contributed by atoms with van der Waals surface area (Å²) >= 11 is 3.77. The second kappa shape index (κ2) is 3.72. The van der Waals surface area contributed by atoms with Gasteiger partial charge in [0.15, 0.2) is 0 Å². The van der Waals surface area contributed by atoms with Crippen LogP contribution in [0.25, 0.3) is 19.8 Å². The van der Waals surface area contributed by atoms with Gasteiger partial charge in [-0.15, -0.1) is 22.7 Å². The van der Waals surface area contributed by atoms with Gasteiger partial charge >= 0.3 is 0 Å². The van der Waals surface area contributed by atoms with Crippen LogP contribution in [0.4, 0.5) is 0 Å². The van der Waals surface area contributed by atoms with Gasteiger partial charge in [0.25, 0.3) is 0 Å². The normalized spacial score (nSPS) is 11.1. The second-order valence-corrected chi connectivity index (χ2v) is 6.43. The fraction of sp³-hybridized carbons (Fsp3) is 0.143. The first-order valence-electron chi connectivity index (χ1n) is 5.29. The predicted molar refractivity (Wildman–Crippen MR) is 74.6 cm³/mol. The molecule has 0 amide bonds. The molecule has 0 aliphatic carbocycles. The molecule has 16 heavy (non-hydrogen) atoms. The molecule has 2 heterocycles. The monoisotopic (exact) mass is 244 g/mol. The van der Waals surface area contributed by atoms with Gasteiger partial charge in [0.2, 0.25) is 0 Å². The Kier molecular flexibility index (Phi) is 2.34. The molecule has 0 N–H and O–H groups in total. The van der Waals surface area contributed by atoms with Gasteiger partial charge in [0.1, 0.15) is 0 Å². The lowest BCUT2D eigenvalue weighted by Crippen LogP contribution is -1.72. The molecule has 80 valence electrons. The average molecular weight is 244 g/mol. The van der Waals surface area contributed by atoms with Gasteiger partial charge < -0.3 is 0 Å². The van der Waals surface area contributed by atoms with E-state index < -0.39 is 0 Å². The maximum atomic E-state index is 2.31. The van der Waals surface area contributed by atoms with Crippen LogP contribution in [-0.4, -0.2) is 0 Å². The van der Waals surface area contributed by atoms with Crippen molar-refractivity contribution in [1.29, 1.82) is 0 Å². The molecular weight excluding hydrogens is 232 g/mol. The third kappa shape index (κ3) is 1.68. The van der Waals surface area contributed by atoms with E-state index in [1.54, 1.807) is 0 Å². The molecule has 0 atom stereocenters. The van der Waals surface area contributed by atoms with Gasteiger partial charge in [-0.3, -0.25) is 0 Å². The van der Waals surface area contributed by atoms with E-state index in [-0.39, 0.29) is 0 Å². The number of fused-ring (bicyclic) bond motifs is 1. The lowest BCUT2D eigenvalue weighted by atomic mass is 10.1. The van der Waals surface area contributed by atoms with E-state index >= 15 is 0 Å². The zero-order valence-electron chi connectivity index (χ0n) is 9.28. The molecule has 0 aliphatic heterocycles. The number of rotatable bonds is 1. The molecule has 2 heteroatoms. The average Bonchev–Trinajstić information content (AvgIpc) is 2.75. The first kappa shape index (κ1) is 10.1.